The van der Waals surface area contributed by atoms with Gasteiger partial charge in [-0.3, -0.25) is 14.9 Å². The van der Waals surface area contributed by atoms with Crippen molar-refractivity contribution < 1.29 is 14.3 Å². The van der Waals surface area contributed by atoms with Gasteiger partial charge in [0.2, 0.25) is 0 Å². The summed E-state index contributed by atoms with van der Waals surface area (Å²) < 4.78 is 12.7. The molecule has 4 aromatic rings. The fourth-order valence-corrected chi connectivity index (χ4v) is 5.92. The Morgan fingerprint density at radius 3 is 2.81 bits per heavy atom. The molecule has 2 aliphatic rings. The van der Waals surface area contributed by atoms with E-state index in [0.717, 1.165) is 60.3 Å². The number of carbonyl (C=O) groups excluding carboxylic acids is 1. The Balaban J connectivity index is 1.14. The number of ether oxygens (including phenoxy) is 2. The lowest BCUT2D eigenvalue weighted by molar-refractivity contribution is 0.00769. The molecular formula is C28H29N5O3S. The average Bonchev–Trinajstić information content (AvgIpc) is 3.63. The number of hydrogen-bond acceptors (Lipinski definition) is 6. The maximum absolute atomic E-state index is 13.2. The highest BCUT2D eigenvalue weighted by atomic mass is 32.1. The number of aromatic amines is 2. The summed E-state index contributed by atoms with van der Waals surface area (Å²) in [6.07, 6.45) is 3.61. The topological polar surface area (TPSA) is 105 Å². The number of benzene rings is 2. The van der Waals surface area contributed by atoms with Crippen molar-refractivity contribution in [1.82, 2.24) is 25.5 Å². The monoisotopic (exact) mass is 515 g/mol. The number of hydrogen-bond donors (Lipinski definition) is 3. The highest BCUT2D eigenvalue weighted by Crippen LogP contribution is 2.47. The zero-order valence-electron chi connectivity index (χ0n) is 20.6. The predicted octanol–water partition coefficient (Wildman–Crippen LogP) is 5.13. The van der Waals surface area contributed by atoms with Crippen LogP contribution in [0.3, 0.4) is 0 Å². The van der Waals surface area contributed by atoms with Crippen LogP contribution in [0.2, 0.25) is 0 Å². The van der Waals surface area contributed by atoms with E-state index in [2.05, 4.69) is 37.6 Å². The molecule has 1 saturated heterocycles. The molecule has 190 valence electrons. The molecule has 1 aliphatic carbocycles. The fourth-order valence-electron chi connectivity index (χ4n) is 5.77. The maximum atomic E-state index is 13.2. The Morgan fingerprint density at radius 1 is 1.22 bits per heavy atom. The van der Waals surface area contributed by atoms with Crippen molar-refractivity contribution in [1.29, 1.82) is 0 Å². The molecule has 37 heavy (non-hydrogen) atoms. The lowest BCUT2D eigenvalue weighted by Gasteiger charge is -2.22. The van der Waals surface area contributed by atoms with Gasteiger partial charge in [-0.2, -0.15) is 5.10 Å². The number of nitrogens with one attached hydrogen (secondary N) is 3. The van der Waals surface area contributed by atoms with Crippen molar-refractivity contribution >= 4 is 29.0 Å². The third-order valence-electron chi connectivity index (χ3n) is 7.48. The van der Waals surface area contributed by atoms with Gasteiger partial charge >= 0.3 is 0 Å². The summed E-state index contributed by atoms with van der Waals surface area (Å²) in [5.74, 6) is 1.36. The van der Waals surface area contributed by atoms with Crippen LogP contribution in [0.4, 0.5) is 0 Å². The van der Waals surface area contributed by atoms with Gasteiger partial charge in [-0.25, -0.2) is 0 Å². The van der Waals surface area contributed by atoms with E-state index in [9.17, 15) is 4.79 Å². The second-order valence-electron chi connectivity index (χ2n) is 10.0. The van der Waals surface area contributed by atoms with Crippen molar-refractivity contribution in [2.45, 2.75) is 56.8 Å². The van der Waals surface area contributed by atoms with Crippen molar-refractivity contribution in [2.24, 2.45) is 0 Å². The lowest BCUT2D eigenvalue weighted by atomic mass is 9.96. The van der Waals surface area contributed by atoms with Crippen LogP contribution in [0.25, 0.3) is 10.9 Å². The van der Waals surface area contributed by atoms with Gasteiger partial charge in [-0.05, 0) is 81.2 Å². The first kappa shape index (κ1) is 23.8. The zero-order chi connectivity index (χ0) is 25.4. The minimum absolute atomic E-state index is 0.0104. The highest BCUT2D eigenvalue weighted by Gasteiger charge is 2.50. The molecule has 3 atom stereocenters. The average molecular weight is 516 g/mol. The minimum atomic E-state index is -0.204. The molecule has 2 fully saturated rings. The smallest absolute Gasteiger partial charge is 0.251 e. The van der Waals surface area contributed by atoms with Crippen LogP contribution >= 0.6 is 12.2 Å². The molecular weight excluding hydrogens is 486 g/mol. The number of nitrogens with zero attached hydrogens (tertiary/aromatic N) is 2. The first-order valence-electron chi connectivity index (χ1n) is 12.7. The van der Waals surface area contributed by atoms with Crippen LogP contribution in [0.15, 0.2) is 54.6 Å². The number of H-pyrrole nitrogens is 2. The molecule has 3 unspecified atom stereocenters. The molecule has 3 N–H and O–H groups in total. The Morgan fingerprint density at radius 2 is 2.05 bits per heavy atom. The van der Waals surface area contributed by atoms with Gasteiger partial charge in [0, 0.05) is 40.8 Å². The summed E-state index contributed by atoms with van der Waals surface area (Å²) in [6, 6.07) is 17.3. The van der Waals surface area contributed by atoms with Crippen molar-refractivity contribution in [3.8, 4) is 5.75 Å². The standard InChI is InChI=1S/C28H29N5O3S/c1-17-13-19(21-5-2-3-6-23(21)29-17)16-35-20-9-7-18(8-10-20)26(34)30-24-15-28(11-4-12-36-28)14-22(24)25-31-27(37)33-32-25/h2-3,5-10,13,22,24H,4,11-12,14-16H2,1H3,(H,30,34)(H2,31,32,33,37). The van der Waals surface area contributed by atoms with E-state index in [1.807, 2.05) is 37.3 Å². The summed E-state index contributed by atoms with van der Waals surface area (Å²) >= 11 is 5.18. The molecule has 1 aliphatic heterocycles. The second kappa shape index (κ2) is 9.72. The van der Waals surface area contributed by atoms with E-state index in [1.165, 1.54) is 0 Å². The first-order valence-corrected chi connectivity index (χ1v) is 13.1. The molecule has 0 bridgehead atoms. The second-order valence-corrected chi connectivity index (χ2v) is 10.5. The summed E-state index contributed by atoms with van der Waals surface area (Å²) in [4.78, 5) is 20.9. The minimum Gasteiger partial charge on any atom is -0.489 e. The van der Waals surface area contributed by atoms with Crippen LogP contribution in [0.1, 0.15) is 59.0 Å². The first-order chi connectivity index (χ1) is 18.0. The van der Waals surface area contributed by atoms with E-state index >= 15 is 0 Å². The number of aromatic nitrogens is 4. The van der Waals surface area contributed by atoms with Gasteiger partial charge in [-0.1, -0.05) is 18.2 Å². The van der Waals surface area contributed by atoms with Crippen LogP contribution in [-0.2, 0) is 11.3 Å². The summed E-state index contributed by atoms with van der Waals surface area (Å²) in [5.41, 5.74) is 3.37. The molecule has 1 amide bonds. The fraction of sp³-hybridized carbons (Fsp3) is 0.357. The Labute approximate surface area is 219 Å². The number of pyridine rings is 1. The molecule has 9 heteroatoms. The van der Waals surface area contributed by atoms with Gasteiger partial charge in [0.25, 0.3) is 5.91 Å². The van der Waals surface area contributed by atoms with Gasteiger partial charge in [-0.15, -0.1) is 0 Å². The molecule has 2 aromatic carbocycles. The van der Waals surface area contributed by atoms with Gasteiger partial charge in [0.15, 0.2) is 4.77 Å². The van der Waals surface area contributed by atoms with E-state index in [-0.39, 0.29) is 23.5 Å². The molecule has 2 aromatic heterocycles. The van der Waals surface area contributed by atoms with Crippen LogP contribution in [-0.4, -0.2) is 44.3 Å². The molecule has 0 radical (unpaired) electrons. The summed E-state index contributed by atoms with van der Waals surface area (Å²) in [6.45, 7) is 3.17. The molecule has 8 nitrogen and oxygen atoms in total. The number of fused-ring (bicyclic) bond motifs is 1. The number of para-hydroxylation sites is 1. The number of amides is 1. The van der Waals surface area contributed by atoms with Crippen LogP contribution in [0, 0.1) is 11.7 Å². The quantitative estimate of drug-likeness (QED) is 0.308. The van der Waals surface area contributed by atoms with Crippen LogP contribution in [0.5, 0.6) is 5.75 Å². The molecule has 1 saturated carbocycles. The van der Waals surface area contributed by atoms with Gasteiger partial charge in [0.05, 0.1) is 11.1 Å². The highest BCUT2D eigenvalue weighted by molar-refractivity contribution is 7.71. The maximum Gasteiger partial charge on any atom is 0.251 e. The van der Waals surface area contributed by atoms with Gasteiger partial charge in [0.1, 0.15) is 18.2 Å². The van der Waals surface area contributed by atoms with Crippen molar-refractivity contribution in [3.63, 3.8) is 0 Å². The van der Waals surface area contributed by atoms with E-state index in [0.29, 0.717) is 22.7 Å². The SMILES string of the molecule is Cc1cc(COc2ccc(C(=O)NC3CC4(CCCO4)CC3c3n[nH]c(=S)[nH]3)cc2)c2ccccc2n1. The Hall–Kier alpha value is -3.56. The van der Waals surface area contributed by atoms with Gasteiger partial charge < -0.3 is 19.8 Å². The van der Waals surface area contributed by atoms with Crippen molar-refractivity contribution in [3.05, 3.63) is 82.0 Å². The molecule has 1 spiro atoms. The van der Waals surface area contributed by atoms with E-state index in [1.54, 1.807) is 12.1 Å². The van der Waals surface area contributed by atoms with Crippen LogP contribution < -0.4 is 10.1 Å². The molecule has 6 rings (SSSR count). The largest absolute Gasteiger partial charge is 0.489 e. The Bertz CT molecular complexity index is 1490. The lowest BCUT2D eigenvalue weighted by Crippen LogP contribution is -2.38. The normalized spacial score (nSPS) is 23.1. The van der Waals surface area contributed by atoms with Crippen molar-refractivity contribution in [2.75, 3.05) is 6.61 Å². The number of aryl methyl sites for hydroxylation is 1. The van der Waals surface area contributed by atoms with E-state index < -0.39 is 0 Å². The number of rotatable bonds is 6. The zero-order valence-corrected chi connectivity index (χ0v) is 21.4. The summed E-state index contributed by atoms with van der Waals surface area (Å²) in [5, 5.41) is 11.5. The Kier molecular flexibility index (Phi) is 6.26. The predicted molar refractivity (Wildman–Crippen MR) is 142 cm³/mol. The third kappa shape index (κ3) is 4.89. The summed E-state index contributed by atoms with van der Waals surface area (Å²) in [7, 11) is 0. The molecule has 3 heterocycles. The van der Waals surface area contributed by atoms with E-state index in [4.69, 9.17) is 21.7 Å². The number of carbonyl (C=O) groups is 1. The third-order valence-corrected chi connectivity index (χ3v) is 7.68.